The van der Waals surface area contributed by atoms with Crippen LogP contribution in [0.2, 0.25) is 0 Å². The number of rotatable bonds is 6. The van der Waals surface area contributed by atoms with Gasteiger partial charge in [-0.25, -0.2) is 0 Å². The van der Waals surface area contributed by atoms with Crippen LogP contribution in [0.5, 0.6) is 0 Å². The molecule has 1 amide bonds. The van der Waals surface area contributed by atoms with E-state index in [2.05, 4.69) is 47.2 Å². The molecule has 0 atom stereocenters. The van der Waals surface area contributed by atoms with Crippen molar-refractivity contribution in [2.75, 3.05) is 38.0 Å². The highest BCUT2D eigenvalue weighted by Gasteiger charge is 2.26. The fourth-order valence-electron chi connectivity index (χ4n) is 4.34. The molecule has 2 fully saturated rings. The Morgan fingerprint density at radius 2 is 1.64 bits per heavy atom. The lowest BCUT2D eigenvalue weighted by molar-refractivity contribution is -0.117. The number of anilines is 1. The Balaban J connectivity index is 1.52. The average Bonchev–Trinajstić information content (AvgIpc) is 3.17. The molecular weight excluding hydrogens is 310 g/mol. The standard InChI is InChI=1S/C21H33N3O/c1-3-17-8-7-9-18(4-2)21(17)22-20(25)16-23-12-14-24(15-13-23)19-10-5-6-11-19/h7-9,19H,3-6,10-16H2,1-2H3,(H,22,25). The van der Waals surface area contributed by atoms with E-state index in [4.69, 9.17) is 0 Å². The fourth-order valence-corrected chi connectivity index (χ4v) is 4.34. The molecule has 2 aliphatic rings. The van der Waals surface area contributed by atoms with Crippen molar-refractivity contribution in [1.29, 1.82) is 0 Å². The Morgan fingerprint density at radius 1 is 1.04 bits per heavy atom. The lowest BCUT2D eigenvalue weighted by Crippen LogP contribution is -2.51. The number of nitrogens with one attached hydrogen (secondary N) is 1. The second-order valence-corrected chi connectivity index (χ2v) is 7.46. The molecule has 1 aliphatic carbocycles. The molecule has 4 nitrogen and oxygen atoms in total. The maximum Gasteiger partial charge on any atom is 0.238 e. The van der Waals surface area contributed by atoms with Crippen molar-refractivity contribution in [3.8, 4) is 0 Å². The first-order valence-electron chi connectivity index (χ1n) is 10.1. The quantitative estimate of drug-likeness (QED) is 0.861. The molecule has 0 bridgehead atoms. The fraction of sp³-hybridized carbons (Fsp3) is 0.667. The number of carbonyl (C=O) groups is 1. The number of nitrogens with zero attached hydrogens (tertiary/aromatic N) is 2. The Morgan fingerprint density at radius 3 is 2.20 bits per heavy atom. The molecule has 1 N–H and O–H groups in total. The zero-order chi connectivity index (χ0) is 17.6. The molecule has 1 saturated heterocycles. The largest absolute Gasteiger partial charge is 0.324 e. The van der Waals surface area contributed by atoms with Gasteiger partial charge in [0.15, 0.2) is 0 Å². The predicted octanol–water partition coefficient (Wildman–Crippen LogP) is 3.31. The minimum absolute atomic E-state index is 0.130. The van der Waals surface area contributed by atoms with Crippen LogP contribution < -0.4 is 5.32 Å². The van der Waals surface area contributed by atoms with Gasteiger partial charge in [-0.1, -0.05) is 44.9 Å². The summed E-state index contributed by atoms with van der Waals surface area (Å²) in [4.78, 5) is 17.5. The molecular formula is C21H33N3O. The van der Waals surface area contributed by atoms with Crippen molar-refractivity contribution in [2.45, 2.75) is 58.4 Å². The molecule has 4 heteroatoms. The Hall–Kier alpha value is -1.39. The van der Waals surface area contributed by atoms with Gasteiger partial charge in [-0.15, -0.1) is 0 Å². The molecule has 0 radical (unpaired) electrons. The minimum atomic E-state index is 0.130. The first kappa shape index (κ1) is 18.4. The lowest BCUT2D eigenvalue weighted by atomic mass is 10.0. The van der Waals surface area contributed by atoms with Gasteiger partial charge >= 0.3 is 0 Å². The minimum Gasteiger partial charge on any atom is -0.324 e. The van der Waals surface area contributed by atoms with Gasteiger partial charge in [0.2, 0.25) is 5.91 Å². The van der Waals surface area contributed by atoms with Crippen molar-refractivity contribution in [2.24, 2.45) is 0 Å². The van der Waals surface area contributed by atoms with E-state index in [9.17, 15) is 4.79 Å². The molecule has 1 aliphatic heterocycles. The third kappa shape index (κ3) is 4.62. The van der Waals surface area contributed by atoms with Gasteiger partial charge in [0, 0.05) is 37.9 Å². The second kappa shape index (κ2) is 8.81. The van der Waals surface area contributed by atoms with Crippen LogP contribution in [0.1, 0.15) is 50.7 Å². The van der Waals surface area contributed by atoms with Gasteiger partial charge in [0.1, 0.15) is 0 Å². The number of piperazine rings is 1. The highest BCUT2D eigenvalue weighted by molar-refractivity contribution is 5.93. The number of benzene rings is 1. The van der Waals surface area contributed by atoms with Gasteiger partial charge in [-0.05, 0) is 36.8 Å². The molecule has 0 spiro atoms. The number of para-hydroxylation sites is 1. The number of aryl methyl sites for hydroxylation is 2. The third-order valence-corrected chi connectivity index (χ3v) is 5.88. The van der Waals surface area contributed by atoms with Crippen molar-refractivity contribution in [1.82, 2.24) is 9.80 Å². The molecule has 1 aromatic carbocycles. The van der Waals surface area contributed by atoms with E-state index in [-0.39, 0.29) is 5.91 Å². The van der Waals surface area contributed by atoms with Gasteiger partial charge in [-0.2, -0.15) is 0 Å². The summed E-state index contributed by atoms with van der Waals surface area (Å²) in [5.74, 6) is 0.130. The van der Waals surface area contributed by atoms with Crippen LogP contribution in [0, 0.1) is 0 Å². The van der Waals surface area contributed by atoms with Crippen LogP contribution in [0.15, 0.2) is 18.2 Å². The second-order valence-electron chi connectivity index (χ2n) is 7.46. The van der Waals surface area contributed by atoms with E-state index in [0.717, 1.165) is 50.7 Å². The third-order valence-electron chi connectivity index (χ3n) is 5.88. The maximum absolute atomic E-state index is 12.6. The van der Waals surface area contributed by atoms with Crippen LogP contribution in [-0.4, -0.2) is 54.5 Å². The SMILES string of the molecule is CCc1cccc(CC)c1NC(=O)CN1CCN(C2CCCC2)CC1. The lowest BCUT2D eigenvalue weighted by Gasteiger charge is -2.37. The van der Waals surface area contributed by atoms with E-state index in [1.807, 2.05) is 0 Å². The first-order valence-corrected chi connectivity index (χ1v) is 10.1. The summed E-state index contributed by atoms with van der Waals surface area (Å²) in [5, 5.41) is 3.20. The highest BCUT2D eigenvalue weighted by Crippen LogP contribution is 2.25. The van der Waals surface area contributed by atoms with Gasteiger partial charge in [-0.3, -0.25) is 14.6 Å². The van der Waals surface area contributed by atoms with E-state index in [1.165, 1.54) is 36.8 Å². The first-order chi connectivity index (χ1) is 12.2. The number of carbonyl (C=O) groups excluding carboxylic acids is 1. The van der Waals surface area contributed by atoms with E-state index >= 15 is 0 Å². The van der Waals surface area contributed by atoms with Crippen LogP contribution >= 0.6 is 0 Å². The number of amides is 1. The summed E-state index contributed by atoms with van der Waals surface area (Å²) in [5.41, 5.74) is 3.51. The van der Waals surface area contributed by atoms with Crippen LogP contribution in [-0.2, 0) is 17.6 Å². The average molecular weight is 344 g/mol. The van der Waals surface area contributed by atoms with Gasteiger partial charge in [0.05, 0.1) is 6.54 Å². The van der Waals surface area contributed by atoms with E-state index < -0.39 is 0 Å². The van der Waals surface area contributed by atoms with Gasteiger partial charge < -0.3 is 5.32 Å². The van der Waals surface area contributed by atoms with E-state index in [1.54, 1.807) is 0 Å². The monoisotopic (exact) mass is 343 g/mol. The number of hydrogen-bond donors (Lipinski definition) is 1. The zero-order valence-corrected chi connectivity index (χ0v) is 15.9. The predicted molar refractivity (Wildman–Crippen MR) is 104 cm³/mol. The Kier molecular flexibility index (Phi) is 6.49. The van der Waals surface area contributed by atoms with Crippen molar-refractivity contribution >= 4 is 11.6 Å². The summed E-state index contributed by atoms with van der Waals surface area (Å²) in [6, 6.07) is 7.14. The van der Waals surface area contributed by atoms with E-state index in [0.29, 0.717) is 6.54 Å². The molecule has 1 heterocycles. The summed E-state index contributed by atoms with van der Waals surface area (Å²) in [7, 11) is 0. The molecule has 3 rings (SSSR count). The molecule has 138 valence electrons. The number of hydrogen-bond acceptors (Lipinski definition) is 3. The van der Waals surface area contributed by atoms with Crippen LogP contribution in [0.25, 0.3) is 0 Å². The van der Waals surface area contributed by atoms with Crippen LogP contribution in [0.4, 0.5) is 5.69 Å². The smallest absolute Gasteiger partial charge is 0.238 e. The highest BCUT2D eigenvalue weighted by atomic mass is 16.2. The van der Waals surface area contributed by atoms with Crippen molar-refractivity contribution in [3.05, 3.63) is 29.3 Å². The summed E-state index contributed by atoms with van der Waals surface area (Å²) in [6.07, 6.45) is 7.42. The molecule has 0 unspecified atom stereocenters. The van der Waals surface area contributed by atoms with Crippen molar-refractivity contribution in [3.63, 3.8) is 0 Å². The summed E-state index contributed by atoms with van der Waals surface area (Å²) >= 11 is 0. The summed E-state index contributed by atoms with van der Waals surface area (Å²) in [6.45, 7) is 9.06. The van der Waals surface area contributed by atoms with Gasteiger partial charge in [0.25, 0.3) is 0 Å². The normalized spacial score (nSPS) is 20.1. The zero-order valence-electron chi connectivity index (χ0n) is 15.9. The Labute approximate surface area is 152 Å². The molecule has 1 aromatic rings. The van der Waals surface area contributed by atoms with Crippen molar-refractivity contribution < 1.29 is 4.79 Å². The molecule has 25 heavy (non-hydrogen) atoms. The Bertz CT molecular complexity index is 550. The molecule has 1 saturated carbocycles. The van der Waals surface area contributed by atoms with Crippen LogP contribution in [0.3, 0.4) is 0 Å². The maximum atomic E-state index is 12.6. The topological polar surface area (TPSA) is 35.6 Å². The summed E-state index contributed by atoms with van der Waals surface area (Å²) < 4.78 is 0. The molecule has 0 aromatic heterocycles.